The predicted octanol–water partition coefficient (Wildman–Crippen LogP) is 1.92. The molecule has 0 spiro atoms. The summed E-state index contributed by atoms with van der Waals surface area (Å²) in [6.45, 7) is 3.69. The van der Waals surface area contributed by atoms with Gasteiger partial charge in [0.1, 0.15) is 17.4 Å². The molecule has 106 valence electrons. The number of nitrogens with two attached hydrogens (primary N) is 1. The number of aromatic nitrogens is 2. The molecule has 4 N–H and O–H groups in total. The van der Waals surface area contributed by atoms with E-state index in [-0.39, 0.29) is 6.61 Å². The molecule has 0 radical (unpaired) electrons. The summed E-state index contributed by atoms with van der Waals surface area (Å²) in [6, 6.07) is 7.27. The Morgan fingerprint density at radius 1 is 1.30 bits per heavy atom. The first-order chi connectivity index (χ1) is 9.69. The number of hydrogen-bond acceptors (Lipinski definition) is 6. The standard InChI is InChI=1S/C14H18N4O2/c1-3-12-16-13(18-15)9(2)14(17-12)20-11-7-5-4-6-10(11)8-19/h4-7,19H,3,8,15H2,1-2H3,(H,16,17,18). The van der Waals surface area contributed by atoms with Gasteiger partial charge in [0.2, 0.25) is 5.88 Å². The Kier molecular flexibility index (Phi) is 4.49. The molecule has 1 heterocycles. The lowest BCUT2D eigenvalue weighted by molar-refractivity contribution is 0.276. The van der Waals surface area contributed by atoms with Gasteiger partial charge in [-0.05, 0) is 13.0 Å². The van der Waals surface area contributed by atoms with Gasteiger partial charge in [0.15, 0.2) is 0 Å². The molecule has 1 aromatic heterocycles. The van der Waals surface area contributed by atoms with Crippen LogP contribution in [0.25, 0.3) is 0 Å². The van der Waals surface area contributed by atoms with E-state index in [2.05, 4.69) is 15.4 Å². The third-order valence-corrected chi connectivity index (χ3v) is 2.95. The fraction of sp³-hybridized carbons (Fsp3) is 0.286. The van der Waals surface area contributed by atoms with E-state index < -0.39 is 0 Å². The van der Waals surface area contributed by atoms with Crippen molar-refractivity contribution in [3.8, 4) is 11.6 Å². The lowest BCUT2D eigenvalue weighted by Crippen LogP contribution is -2.13. The number of aliphatic hydroxyl groups is 1. The fourth-order valence-electron chi connectivity index (χ4n) is 1.78. The Labute approximate surface area is 117 Å². The van der Waals surface area contributed by atoms with E-state index in [1.807, 2.05) is 26.0 Å². The number of rotatable bonds is 5. The summed E-state index contributed by atoms with van der Waals surface area (Å²) in [5.41, 5.74) is 3.96. The fourth-order valence-corrected chi connectivity index (χ4v) is 1.78. The zero-order valence-electron chi connectivity index (χ0n) is 11.6. The first-order valence-corrected chi connectivity index (χ1v) is 6.40. The maximum absolute atomic E-state index is 9.32. The molecular weight excluding hydrogens is 256 g/mol. The zero-order chi connectivity index (χ0) is 14.5. The number of aryl methyl sites for hydroxylation is 1. The maximum Gasteiger partial charge on any atom is 0.227 e. The van der Waals surface area contributed by atoms with Gasteiger partial charge in [0.25, 0.3) is 0 Å². The minimum Gasteiger partial charge on any atom is -0.438 e. The van der Waals surface area contributed by atoms with Crippen molar-refractivity contribution in [3.05, 3.63) is 41.2 Å². The highest BCUT2D eigenvalue weighted by atomic mass is 16.5. The van der Waals surface area contributed by atoms with Gasteiger partial charge in [-0.25, -0.2) is 10.8 Å². The number of hydrogen-bond donors (Lipinski definition) is 3. The molecule has 1 aromatic carbocycles. The molecule has 0 saturated carbocycles. The normalized spacial score (nSPS) is 10.4. The largest absolute Gasteiger partial charge is 0.438 e. The van der Waals surface area contributed by atoms with Gasteiger partial charge < -0.3 is 15.3 Å². The van der Waals surface area contributed by atoms with Crippen LogP contribution in [0.4, 0.5) is 5.82 Å². The van der Waals surface area contributed by atoms with E-state index in [4.69, 9.17) is 10.6 Å². The monoisotopic (exact) mass is 274 g/mol. The zero-order valence-corrected chi connectivity index (χ0v) is 11.6. The van der Waals surface area contributed by atoms with E-state index in [1.165, 1.54) is 0 Å². The van der Waals surface area contributed by atoms with Gasteiger partial charge in [0, 0.05) is 12.0 Å². The van der Waals surface area contributed by atoms with E-state index in [0.717, 1.165) is 5.56 Å². The minimum atomic E-state index is -0.0943. The summed E-state index contributed by atoms with van der Waals surface area (Å²) in [4.78, 5) is 8.64. The Morgan fingerprint density at radius 3 is 2.70 bits per heavy atom. The highest BCUT2D eigenvalue weighted by Crippen LogP contribution is 2.29. The number of ether oxygens (including phenoxy) is 1. The van der Waals surface area contributed by atoms with Crippen LogP contribution in [0.2, 0.25) is 0 Å². The minimum absolute atomic E-state index is 0.0943. The van der Waals surface area contributed by atoms with Crippen LogP contribution in [0.15, 0.2) is 24.3 Å². The van der Waals surface area contributed by atoms with Crippen LogP contribution < -0.4 is 16.0 Å². The molecule has 6 nitrogen and oxygen atoms in total. The molecule has 0 saturated heterocycles. The molecule has 0 aliphatic carbocycles. The quantitative estimate of drug-likeness (QED) is 0.569. The van der Waals surface area contributed by atoms with Crippen molar-refractivity contribution in [1.82, 2.24) is 9.97 Å². The predicted molar refractivity (Wildman–Crippen MR) is 76.4 cm³/mol. The Hall–Kier alpha value is -2.18. The number of benzene rings is 1. The van der Waals surface area contributed by atoms with Crippen molar-refractivity contribution in [1.29, 1.82) is 0 Å². The van der Waals surface area contributed by atoms with Crippen LogP contribution in [0.1, 0.15) is 23.9 Å². The topological polar surface area (TPSA) is 93.3 Å². The van der Waals surface area contributed by atoms with Crippen LogP contribution in [0.3, 0.4) is 0 Å². The maximum atomic E-state index is 9.32. The van der Waals surface area contributed by atoms with E-state index in [1.54, 1.807) is 12.1 Å². The first-order valence-electron chi connectivity index (χ1n) is 6.40. The second-order valence-corrected chi connectivity index (χ2v) is 4.28. The van der Waals surface area contributed by atoms with Gasteiger partial charge in [-0.15, -0.1) is 0 Å². The number of anilines is 1. The molecule has 0 amide bonds. The van der Waals surface area contributed by atoms with Crippen molar-refractivity contribution in [3.63, 3.8) is 0 Å². The average Bonchev–Trinajstić information content (AvgIpc) is 2.49. The lowest BCUT2D eigenvalue weighted by Gasteiger charge is -2.13. The lowest BCUT2D eigenvalue weighted by atomic mass is 10.2. The molecule has 0 unspecified atom stereocenters. The highest BCUT2D eigenvalue weighted by molar-refractivity contribution is 5.49. The van der Waals surface area contributed by atoms with E-state index >= 15 is 0 Å². The first kappa shape index (κ1) is 14.2. The molecule has 0 aliphatic heterocycles. The molecule has 0 fully saturated rings. The molecule has 2 rings (SSSR count). The SMILES string of the molecule is CCc1nc(NN)c(C)c(Oc2ccccc2CO)n1. The summed E-state index contributed by atoms with van der Waals surface area (Å²) < 4.78 is 5.81. The van der Waals surface area contributed by atoms with Gasteiger partial charge in [-0.3, -0.25) is 0 Å². The van der Waals surface area contributed by atoms with Crippen molar-refractivity contribution in [2.24, 2.45) is 5.84 Å². The summed E-state index contributed by atoms with van der Waals surface area (Å²) in [7, 11) is 0. The van der Waals surface area contributed by atoms with Gasteiger partial charge in [-0.2, -0.15) is 4.98 Å². The second-order valence-electron chi connectivity index (χ2n) is 4.28. The molecule has 0 aliphatic rings. The van der Waals surface area contributed by atoms with Crippen molar-refractivity contribution in [2.75, 3.05) is 5.43 Å². The summed E-state index contributed by atoms with van der Waals surface area (Å²) in [6.07, 6.45) is 0.674. The highest BCUT2D eigenvalue weighted by Gasteiger charge is 2.13. The van der Waals surface area contributed by atoms with E-state index in [0.29, 0.717) is 35.3 Å². The Morgan fingerprint density at radius 2 is 2.05 bits per heavy atom. The van der Waals surface area contributed by atoms with Crippen LogP contribution >= 0.6 is 0 Å². The molecule has 6 heteroatoms. The molecule has 2 aromatic rings. The van der Waals surface area contributed by atoms with Crippen molar-refractivity contribution >= 4 is 5.82 Å². The van der Waals surface area contributed by atoms with Gasteiger partial charge in [0.05, 0.1) is 12.2 Å². The Bertz CT molecular complexity index is 602. The average molecular weight is 274 g/mol. The number of para-hydroxylation sites is 1. The smallest absolute Gasteiger partial charge is 0.227 e. The number of nitrogens with one attached hydrogen (secondary N) is 1. The molecule has 0 bridgehead atoms. The Balaban J connectivity index is 2.42. The molecular formula is C14H18N4O2. The van der Waals surface area contributed by atoms with Crippen molar-refractivity contribution in [2.45, 2.75) is 26.9 Å². The van der Waals surface area contributed by atoms with Crippen LogP contribution in [-0.4, -0.2) is 15.1 Å². The second kappa shape index (κ2) is 6.31. The summed E-state index contributed by atoms with van der Waals surface area (Å²) >= 11 is 0. The van der Waals surface area contributed by atoms with Gasteiger partial charge >= 0.3 is 0 Å². The third-order valence-electron chi connectivity index (χ3n) is 2.95. The number of hydrazine groups is 1. The van der Waals surface area contributed by atoms with Crippen LogP contribution in [0.5, 0.6) is 11.6 Å². The molecule has 0 atom stereocenters. The van der Waals surface area contributed by atoms with Crippen LogP contribution in [-0.2, 0) is 13.0 Å². The van der Waals surface area contributed by atoms with Gasteiger partial charge in [-0.1, -0.05) is 25.1 Å². The number of nitrogens with zero attached hydrogens (tertiary/aromatic N) is 2. The molecule has 20 heavy (non-hydrogen) atoms. The van der Waals surface area contributed by atoms with E-state index in [9.17, 15) is 5.11 Å². The summed E-state index contributed by atoms with van der Waals surface area (Å²) in [5, 5.41) is 9.32. The van der Waals surface area contributed by atoms with Crippen LogP contribution in [0, 0.1) is 6.92 Å². The van der Waals surface area contributed by atoms with Crippen molar-refractivity contribution < 1.29 is 9.84 Å². The summed E-state index contributed by atoms with van der Waals surface area (Å²) in [5.74, 6) is 7.64. The number of aliphatic hydroxyl groups excluding tert-OH is 1. The number of nitrogen functional groups attached to an aromatic ring is 1. The third kappa shape index (κ3) is 2.87.